The number of hydrogen-bond donors (Lipinski definition) is 3. The zero-order valence-electron chi connectivity index (χ0n) is 15.5. The van der Waals surface area contributed by atoms with E-state index in [1.165, 1.54) is 0 Å². The van der Waals surface area contributed by atoms with Crippen LogP contribution in [0.4, 0.5) is 11.4 Å². The van der Waals surface area contributed by atoms with Crippen LogP contribution in [0.1, 0.15) is 30.4 Å². The Morgan fingerprint density at radius 2 is 1.89 bits per heavy atom. The molecule has 0 unspecified atom stereocenters. The standard InChI is InChI=1S/C21H22ClN3O2S/c1-13-6-10-16(12-18(13)24-20(27)15-7-8-15)23-21(28)25-19(26)11-9-14-4-2-3-5-17(14)22/h2-6,10,12,15H,7-9,11H2,1H3,(H,24,27)(H2,23,25,26,28). The molecule has 0 bridgehead atoms. The molecule has 0 radical (unpaired) electrons. The largest absolute Gasteiger partial charge is 0.332 e. The Hall–Kier alpha value is -2.44. The number of amides is 2. The van der Waals surface area contributed by atoms with E-state index in [1.54, 1.807) is 6.07 Å². The van der Waals surface area contributed by atoms with Gasteiger partial charge in [0.1, 0.15) is 0 Å². The molecule has 1 fully saturated rings. The van der Waals surface area contributed by atoms with Gasteiger partial charge >= 0.3 is 0 Å². The van der Waals surface area contributed by atoms with Gasteiger partial charge in [-0.1, -0.05) is 35.9 Å². The Morgan fingerprint density at radius 1 is 1.14 bits per heavy atom. The van der Waals surface area contributed by atoms with E-state index in [0.717, 1.165) is 29.7 Å². The molecular formula is C21H22ClN3O2S. The fraction of sp³-hybridized carbons (Fsp3) is 0.286. The van der Waals surface area contributed by atoms with Gasteiger partial charge in [0.25, 0.3) is 0 Å². The van der Waals surface area contributed by atoms with E-state index in [4.69, 9.17) is 23.8 Å². The monoisotopic (exact) mass is 415 g/mol. The van der Waals surface area contributed by atoms with Crippen molar-refractivity contribution in [2.45, 2.75) is 32.6 Å². The molecule has 2 aromatic rings. The number of carbonyl (C=O) groups excluding carboxylic acids is 2. The third-order valence-corrected chi connectivity index (χ3v) is 5.11. The molecule has 3 N–H and O–H groups in total. The van der Waals surface area contributed by atoms with Crippen molar-refractivity contribution in [3.8, 4) is 0 Å². The normalized spacial score (nSPS) is 12.9. The highest BCUT2D eigenvalue weighted by molar-refractivity contribution is 7.80. The lowest BCUT2D eigenvalue weighted by Gasteiger charge is -2.13. The van der Waals surface area contributed by atoms with Gasteiger partial charge in [-0.3, -0.25) is 9.59 Å². The van der Waals surface area contributed by atoms with Crippen molar-refractivity contribution in [1.29, 1.82) is 0 Å². The van der Waals surface area contributed by atoms with E-state index >= 15 is 0 Å². The number of anilines is 2. The maximum atomic E-state index is 12.1. The zero-order valence-corrected chi connectivity index (χ0v) is 17.1. The lowest BCUT2D eigenvalue weighted by Crippen LogP contribution is -2.34. The minimum absolute atomic E-state index is 0.0516. The molecule has 1 aliphatic rings. The summed E-state index contributed by atoms with van der Waals surface area (Å²) in [7, 11) is 0. The molecule has 0 aliphatic heterocycles. The third kappa shape index (κ3) is 5.78. The number of thiocarbonyl (C=S) groups is 1. The molecular weight excluding hydrogens is 394 g/mol. The molecule has 1 aliphatic carbocycles. The maximum absolute atomic E-state index is 12.1. The second kappa shape index (κ2) is 9.17. The zero-order chi connectivity index (χ0) is 20.1. The van der Waals surface area contributed by atoms with Crippen molar-refractivity contribution in [2.24, 2.45) is 5.92 Å². The number of hydrogen-bond acceptors (Lipinski definition) is 3. The average Bonchev–Trinajstić information content (AvgIpc) is 3.49. The second-order valence-corrected chi connectivity index (χ2v) is 7.70. The molecule has 0 aromatic heterocycles. The predicted molar refractivity (Wildman–Crippen MR) is 117 cm³/mol. The van der Waals surface area contributed by atoms with Crippen molar-refractivity contribution in [3.05, 3.63) is 58.6 Å². The molecule has 2 amide bonds. The molecule has 7 heteroatoms. The van der Waals surface area contributed by atoms with Crippen molar-refractivity contribution >= 4 is 52.1 Å². The van der Waals surface area contributed by atoms with Crippen LogP contribution in [0.15, 0.2) is 42.5 Å². The van der Waals surface area contributed by atoms with Gasteiger partial charge in [-0.15, -0.1) is 0 Å². The van der Waals surface area contributed by atoms with Crippen molar-refractivity contribution in [1.82, 2.24) is 5.32 Å². The molecule has 2 aromatic carbocycles. The van der Waals surface area contributed by atoms with E-state index in [1.807, 2.05) is 43.3 Å². The Labute approximate surface area is 174 Å². The summed E-state index contributed by atoms with van der Waals surface area (Å²) >= 11 is 11.3. The smallest absolute Gasteiger partial charge is 0.227 e. The Kier molecular flexibility index (Phi) is 6.65. The number of nitrogens with one attached hydrogen (secondary N) is 3. The topological polar surface area (TPSA) is 70.2 Å². The highest BCUT2D eigenvalue weighted by Crippen LogP contribution is 2.31. The Bertz CT molecular complexity index is 912. The Balaban J connectivity index is 1.51. The maximum Gasteiger partial charge on any atom is 0.227 e. The molecule has 5 nitrogen and oxygen atoms in total. The van der Waals surface area contributed by atoms with Gasteiger partial charge in [-0.25, -0.2) is 0 Å². The minimum atomic E-state index is -0.188. The molecule has 0 atom stereocenters. The summed E-state index contributed by atoms with van der Waals surface area (Å²) in [6.07, 6.45) is 2.72. The van der Waals surface area contributed by atoms with Crippen LogP contribution in [0.2, 0.25) is 5.02 Å². The van der Waals surface area contributed by atoms with Crippen molar-refractivity contribution in [2.75, 3.05) is 10.6 Å². The number of rotatable bonds is 6. The molecule has 3 rings (SSSR count). The van der Waals surface area contributed by atoms with Gasteiger partial charge in [-0.05, 0) is 67.7 Å². The SMILES string of the molecule is Cc1ccc(NC(=S)NC(=O)CCc2ccccc2Cl)cc1NC(=O)C1CC1. The van der Waals surface area contributed by atoms with Crippen molar-refractivity contribution in [3.63, 3.8) is 0 Å². The number of benzene rings is 2. The second-order valence-electron chi connectivity index (χ2n) is 6.89. The quantitative estimate of drug-likeness (QED) is 0.610. The highest BCUT2D eigenvalue weighted by atomic mass is 35.5. The van der Waals surface area contributed by atoms with Crippen LogP contribution < -0.4 is 16.0 Å². The lowest BCUT2D eigenvalue weighted by atomic mass is 10.1. The van der Waals surface area contributed by atoms with E-state index in [9.17, 15) is 9.59 Å². The lowest BCUT2D eigenvalue weighted by molar-refractivity contribution is -0.119. The van der Waals surface area contributed by atoms with Gasteiger partial charge in [0.2, 0.25) is 11.8 Å². The summed E-state index contributed by atoms with van der Waals surface area (Å²) in [6, 6.07) is 13.0. The summed E-state index contributed by atoms with van der Waals surface area (Å²) < 4.78 is 0. The highest BCUT2D eigenvalue weighted by Gasteiger charge is 2.29. The molecule has 146 valence electrons. The first-order chi connectivity index (χ1) is 13.4. The summed E-state index contributed by atoms with van der Waals surface area (Å²) in [5.41, 5.74) is 3.34. The predicted octanol–water partition coefficient (Wildman–Crippen LogP) is 4.44. The van der Waals surface area contributed by atoms with E-state index in [-0.39, 0.29) is 29.3 Å². The fourth-order valence-electron chi connectivity index (χ4n) is 2.72. The van der Waals surface area contributed by atoms with Crippen LogP contribution in [0.25, 0.3) is 0 Å². The van der Waals surface area contributed by atoms with Gasteiger partial charge in [-0.2, -0.15) is 0 Å². The van der Waals surface area contributed by atoms with Crippen LogP contribution in [-0.4, -0.2) is 16.9 Å². The summed E-state index contributed by atoms with van der Waals surface area (Å²) in [6.45, 7) is 1.93. The van der Waals surface area contributed by atoms with Crippen LogP contribution in [0, 0.1) is 12.8 Å². The fourth-order valence-corrected chi connectivity index (χ4v) is 3.18. The first-order valence-electron chi connectivity index (χ1n) is 9.18. The van der Waals surface area contributed by atoms with E-state index in [2.05, 4.69) is 16.0 Å². The summed E-state index contributed by atoms with van der Waals surface area (Å²) in [5, 5.41) is 9.48. The molecule has 0 heterocycles. The van der Waals surface area contributed by atoms with Crippen LogP contribution in [-0.2, 0) is 16.0 Å². The van der Waals surface area contributed by atoms with Crippen LogP contribution in [0.3, 0.4) is 0 Å². The van der Waals surface area contributed by atoms with Crippen LogP contribution in [0.5, 0.6) is 0 Å². The third-order valence-electron chi connectivity index (χ3n) is 4.53. The van der Waals surface area contributed by atoms with Crippen LogP contribution >= 0.6 is 23.8 Å². The summed E-state index contributed by atoms with van der Waals surface area (Å²) in [4.78, 5) is 24.1. The van der Waals surface area contributed by atoms with Gasteiger partial charge in [0, 0.05) is 28.7 Å². The first kappa shape index (κ1) is 20.3. The number of aryl methyl sites for hydroxylation is 2. The molecule has 28 heavy (non-hydrogen) atoms. The van der Waals surface area contributed by atoms with E-state index in [0.29, 0.717) is 17.1 Å². The van der Waals surface area contributed by atoms with Gasteiger partial charge in [0.05, 0.1) is 0 Å². The van der Waals surface area contributed by atoms with Crippen molar-refractivity contribution < 1.29 is 9.59 Å². The summed E-state index contributed by atoms with van der Waals surface area (Å²) in [5.74, 6) is -0.00279. The number of carbonyl (C=O) groups is 2. The Morgan fingerprint density at radius 3 is 2.61 bits per heavy atom. The number of halogens is 1. The first-order valence-corrected chi connectivity index (χ1v) is 9.97. The molecule has 0 saturated heterocycles. The molecule has 0 spiro atoms. The minimum Gasteiger partial charge on any atom is -0.332 e. The average molecular weight is 416 g/mol. The van der Waals surface area contributed by atoms with Gasteiger partial charge < -0.3 is 16.0 Å². The van der Waals surface area contributed by atoms with E-state index < -0.39 is 0 Å². The van der Waals surface area contributed by atoms with Gasteiger partial charge in [0.15, 0.2) is 5.11 Å². The molecule has 1 saturated carbocycles.